The zero-order valence-corrected chi connectivity index (χ0v) is 12.5. The highest BCUT2D eigenvalue weighted by molar-refractivity contribution is 5.71. The van der Waals surface area contributed by atoms with Crippen LogP contribution in [0.5, 0.6) is 0 Å². The standard InChI is InChI=1S/C16H26N2O2/c1-3-10-18(13-16(19)20-4-2)12-15(11-17)14-8-6-5-7-9-14/h5-9,15H,3-4,10-13,17H2,1-2H3. The third kappa shape index (κ3) is 5.72. The fourth-order valence-corrected chi connectivity index (χ4v) is 2.29. The maximum absolute atomic E-state index is 11.6. The Labute approximate surface area is 121 Å². The van der Waals surface area contributed by atoms with Gasteiger partial charge in [0.05, 0.1) is 13.2 Å². The van der Waals surface area contributed by atoms with Gasteiger partial charge in [0.25, 0.3) is 0 Å². The molecule has 4 heteroatoms. The molecule has 0 bridgehead atoms. The number of hydrogen-bond acceptors (Lipinski definition) is 4. The maximum Gasteiger partial charge on any atom is 0.320 e. The summed E-state index contributed by atoms with van der Waals surface area (Å²) in [6, 6.07) is 10.2. The Hall–Kier alpha value is -1.39. The Morgan fingerprint density at radius 2 is 2.00 bits per heavy atom. The Morgan fingerprint density at radius 1 is 1.30 bits per heavy atom. The topological polar surface area (TPSA) is 55.6 Å². The van der Waals surface area contributed by atoms with E-state index < -0.39 is 0 Å². The average Bonchev–Trinajstić information content (AvgIpc) is 2.46. The fraction of sp³-hybridized carbons (Fsp3) is 0.562. The van der Waals surface area contributed by atoms with Crippen LogP contribution in [0.2, 0.25) is 0 Å². The summed E-state index contributed by atoms with van der Waals surface area (Å²) in [5.74, 6) is 0.0851. The van der Waals surface area contributed by atoms with Crippen molar-refractivity contribution in [3.63, 3.8) is 0 Å². The van der Waals surface area contributed by atoms with E-state index in [1.807, 2.05) is 25.1 Å². The Morgan fingerprint density at radius 3 is 2.55 bits per heavy atom. The zero-order valence-electron chi connectivity index (χ0n) is 12.5. The van der Waals surface area contributed by atoms with E-state index in [-0.39, 0.29) is 11.9 Å². The predicted molar refractivity (Wildman–Crippen MR) is 81.6 cm³/mol. The van der Waals surface area contributed by atoms with Gasteiger partial charge in [0.2, 0.25) is 0 Å². The van der Waals surface area contributed by atoms with Gasteiger partial charge in [-0.2, -0.15) is 0 Å². The lowest BCUT2D eigenvalue weighted by Crippen LogP contribution is -2.36. The number of benzene rings is 1. The zero-order chi connectivity index (χ0) is 14.8. The van der Waals surface area contributed by atoms with Crippen molar-refractivity contribution < 1.29 is 9.53 Å². The molecule has 0 aliphatic carbocycles. The molecule has 4 nitrogen and oxygen atoms in total. The molecule has 0 spiro atoms. The van der Waals surface area contributed by atoms with Crippen molar-refractivity contribution in [2.75, 3.05) is 32.8 Å². The molecule has 0 amide bonds. The van der Waals surface area contributed by atoms with Crippen LogP contribution in [0.15, 0.2) is 30.3 Å². The van der Waals surface area contributed by atoms with E-state index >= 15 is 0 Å². The van der Waals surface area contributed by atoms with Crippen molar-refractivity contribution in [1.82, 2.24) is 4.90 Å². The molecule has 0 aromatic heterocycles. The van der Waals surface area contributed by atoms with Gasteiger partial charge in [-0.15, -0.1) is 0 Å². The molecule has 1 atom stereocenters. The second-order valence-electron chi connectivity index (χ2n) is 4.88. The van der Waals surface area contributed by atoms with Crippen LogP contribution in [0.25, 0.3) is 0 Å². The molecule has 0 saturated carbocycles. The number of carbonyl (C=O) groups excluding carboxylic acids is 1. The summed E-state index contributed by atoms with van der Waals surface area (Å²) in [6.45, 7) is 6.94. The van der Waals surface area contributed by atoms with Crippen LogP contribution in [0.4, 0.5) is 0 Å². The molecule has 1 aromatic rings. The second-order valence-corrected chi connectivity index (χ2v) is 4.88. The van der Waals surface area contributed by atoms with Crippen LogP contribution in [0.3, 0.4) is 0 Å². The van der Waals surface area contributed by atoms with Crippen molar-refractivity contribution in [3.8, 4) is 0 Å². The number of hydrogen-bond donors (Lipinski definition) is 1. The SMILES string of the molecule is CCCN(CC(=O)OCC)CC(CN)c1ccccc1. The minimum absolute atomic E-state index is 0.162. The number of rotatable bonds is 9. The molecule has 0 aliphatic rings. The smallest absolute Gasteiger partial charge is 0.320 e. The van der Waals surface area contributed by atoms with Crippen molar-refractivity contribution in [2.45, 2.75) is 26.2 Å². The first-order valence-corrected chi connectivity index (χ1v) is 7.34. The van der Waals surface area contributed by atoms with Gasteiger partial charge < -0.3 is 10.5 Å². The quantitative estimate of drug-likeness (QED) is 0.702. The average molecular weight is 278 g/mol. The summed E-state index contributed by atoms with van der Waals surface area (Å²) < 4.78 is 5.03. The highest BCUT2D eigenvalue weighted by atomic mass is 16.5. The first-order valence-electron chi connectivity index (χ1n) is 7.34. The van der Waals surface area contributed by atoms with Gasteiger partial charge in [-0.3, -0.25) is 9.69 Å². The summed E-state index contributed by atoms with van der Waals surface area (Å²) >= 11 is 0. The number of nitrogens with two attached hydrogens (primary N) is 1. The number of nitrogens with zero attached hydrogens (tertiary/aromatic N) is 1. The lowest BCUT2D eigenvalue weighted by Gasteiger charge is -2.26. The van der Waals surface area contributed by atoms with E-state index in [1.54, 1.807) is 0 Å². The number of esters is 1. The van der Waals surface area contributed by atoms with Crippen LogP contribution < -0.4 is 5.73 Å². The van der Waals surface area contributed by atoms with Gasteiger partial charge in [-0.25, -0.2) is 0 Å². The molecule has 0 fully saturated rings. The Bertz CT molecular complexity index is 381. The number of ether oxygens (including phenoxy) is 1. The minimum Gasteiger partial charge on any atom is -0.465 e. The van der Waals surface area contributed by atoms with E-state index in [9.17, 15) is 4.79 Å². The summed E-state index contributed by atoms with van der Waals surface area (Å²) in [4.78, 5) is 13.8. The summed E-state index contributed by atoms with van der Waals surface area (Å²) in [5, 5.41) is 0. The molecule has 1 rings (SSSR count). The molecule has 1 aromatic carbocycles. The van der Waals surface area contributed by atoms with E-state index in [4.69, 9.17) is 10.5 Å². The van der Waals surface area contributed by atoms with Crippen molar-refractivity contribution >= 4 is 5.97 Å². The molecule has 0 radical (unpaired) electrons. The van der Waals surface area contributed by atoms with E-state index in [0.717, 1.165) is 19.5 Å². The van der Waals surface area contributed by atoms with Crippen LogP contribution in [0, 0.1) is 0 Å². The van der Waals surface area contributed by atoms with Crippen molar-refractivity contribution in [1.29, 1.82) is 0 Å². The lowest BCUT2D eigenvalue weighted by molar-refractivity contribution is -0.144. The van der Waals surface area contributed by atoms with E-state index in [1.165, 1.54) is 5.56 Å². The molecule has 0 heterocycles. The van der Waals surface area contributed by atoms with Crippen LogP contribution >= 0.6 is 0 Å². The first kappa shape index (κ1) is 16.7. The predicted octanol–water partition coefficient (Wildman–Crippen LogP) is 2.00. The minimum atomic E-state index is -0.162. The van der Waals surface area contributed by atoms with Gasteiger partial charge in [0, 0.05) is 19.0 Å². The second kappa shape index (κ2) is 9.50. The molecule has 112 valence electrons. The summed E-state index contributed by atoms with van der Waals surface area (Å²) in [5.41, 5.74) is 7.12. The van der Waals surface area contributed by atoms with E-state index in [2.05, 4.69) is 24.0 Å². The van der Waals surface area contributed by atoms with Gasteiger partial charge in [0.15, 0.2) is 0 Å². The molecular formula is C16H26N2O2. The summed E-state index contributed by atoms with van der Waals surface area (Å²) in [7, 11) is 0. The van der Waals surface area contributed by atoms with Gasteiger partial charge in [-0.05, 0) is 25.5 Å². The third-order valence-electron chi connectivity index (χ3n) is 3.23. The van der Waals surface area contributed by atoms with Gasteiger partial charge in [-0.1, -0.05) is 37.3 Å². The first-order chi connectivity index (χ1) is 9.71. The molecule has 20 heavy (non-hydrogen) atoms. The molecule has 0 saturated heterocycles. The maximum atomic E-state index is 11.6. The number of carbonyl (C=O) groups is 1. The van der Waals surface area contributed by atoms with Crippen LogP contribution in [-0.4, -0.2) is 43.7 Å². The molecular weight excluding hydrogens is 252 g/mol. The monoisotopic (exact) mass is 278 g/mol. The van der Waals surface area contributed by atoms with Gasteiger partial charge in [0.1, 0.15) is 0 Å². The van der Waals surface area contributed by atoms with Crippen LogP contribution in [-0.2, 0) is 9.53 Å². The normalized spacial score (nSPS) is 12.4. The molecule has 1 unspecified atom stereocenters. The Kier molecular flexibility index (Phi) is 7.92. The molecule has 2 N–H and O–H groups in total. The highest BCUT2D eigenvalue weighted by Crippen LogP contribution is 2.16. The van der Waals surface area contributed by atoms with Crippen molar-refractivity contribution in [3.05, 3.63) is 35.9 Å². The molecule has 0 aliphatic heterocycles. The summed E-state index contributed by atoms with van der Waals surface area (Å²) in [6.07, 6.45) is 1.01. The fourth-order valence-electron chi connectivity index (χ4n) is 2.29. The third-order valence-corrected chi connectivity index (χ3v) is 3.23. The Balaban J connectivity index is 2.64. The lowest BCUT2D eigenvalue weighted by atomic mass is 9.98. The van der Waals surface area contributed by atoms with E-state index in [0.29, 0.717) is 19.7 Å². The highest BCUT2D eigenvalue weighted by Gasteiger charge is 2.17. The largest absolute Gasteiger partial charge is 0.465 e. The van der Waals surface area contributed by atoms with Crippen molar-refractivity contribution in [2.24, 2.45) is 5.73 Å². The van der Waals surface area contributed by atoms with Gasteiger partial charge >= 0.3 is 5.97 Å². The van der Waals surface area contributed by atoms with Crippen LogP contribution in [0.1, 0.15) is 31.7 Å².